The van der Waals surface area contributed by atoms with Crippen molar-refractivity contribution in [3.8, 4) is 0 Å². The van der Waals surface area contributed by atoms with Crippen molar-refractivity contribution in [3.05, 3.63) is 22.4 Å². The van der Waals surface area contributed by atoms with Gasteiger partial charge in [0, 0.05) is 10.9 Å². The summed E-state index contributed by atoms with van der Waals surface area (Å²) in [5, 5.41) is 23.4. The molecule has 4 heteroatoms. The van der Waals surface area contributed by atoms with E-state index in [9.17, 15) is 0 Å². The highest BCUT2D eigenvalue weighted by Gasteiger charge is 2.19. The standard InChI is InChI=1S/C11H19NO2S/c1-8(2)11(10-4-3-5-15-10)12-9(6-13)7-14/h3-5,8-9,11-14H,6-7H2,1-2H3. The lowest BCUT2D eigenvalue weighted by molar-refractivity contribution is 0.155. The van der Waals surface area contributed by atoms with Gasteiger partial charge in [-0.25, -0.2) is 0 Å². The van der Waals surface area contributed by atoms with Crippen molar-refractivity contribution in [2.75, 3.05) is 13.2 Å². The number of hydrogen-bond acceptors (Lipinski definition) is 4. The molecule has 1 aromatic heterocycles. The third kappa shape index (κ3) is 3.57. The van der Waals surface area contributed by atoms with Gasteiger partial charge in [0.05, 0.1) is 19.3 Å². The van der Waals surface area contributed by atoms with Crippen LogP contribution >= 0.6 is 11.3 Å². The van der Waals surface area contributed by atoms with Crippen LogP contribution in [0.1, 0.15) is 24.8 Å². The number of aliphatic hydroxyl groups is 2. The van der Waals surface area contributed by atoms with Crippen molar-refractivity contribution < 1.29 is 10.2 Å². The average molecular weight is 229 g/mol. The normalized spacial score (nSPS) is 13.7. The highest BCUT2D eigenvalue weighted by Crippen LogP contribution is 2.26. The molecule has 1 atom stereocenters. The molecule has 1 unspecified atom stereocenters. The number of aliphatic hydroxyl groups excluding tert-OH is 2. The minimum absolute atomic E-state index is 0.0366. The van der Waals surface area contributed by atoms with Gasteiger partial charge in [-0.2, -0.15) is 0 Å². The van der Waals surface area contributed by atoms with Crippen molar-refractivity contribution >= 4 is 11.3 Å². The molecule has 1 rings (SSSR count). The van der Waals surface area contributed by atoms with Crippen molar-refractivity contribution in [1.29, 1.82) is 0 Å². The summed E-state index contributed by atoms with van der Waals surface area (Å²) in [7, 11) is 0. The SMILES string of the molecule is CC(C)C(NC(CO)CO)c1cccs1. The van der Waals surface area contributed by atoms with Gasteiger partial charge in [-0.15, -0.1) is 11.3 Å². The Balaban J connectivity index is 2.67. The van der Waals surface area contributed by atoms with E-state index in [0.717, 1.165) is 0 Å². The van der Waals surface area contributed by atoms with Crippen LogP contribution in [0.3, 0.4) is 0 Å². The molecule has 0 amide bonds. The molecule has 0 aromatic carbocycles. The molecule has 0 saturated carbocycles. The van der Waals surface area contributed by atoms with E-state index in [0.29, 0.717) is 5.92 Å². The van der Waals surface area contributed by atoms with Crippen molar-refractivity contribution in [1.82, 2.24) is 5.32 Å². The molecule has 86 valence electrons. The lowest BCUT2D eigenvalue weighted by Crippen LogP contribution is -2.40. The first-order chi connectivity index (χ1) is 7.19. The summed E-state index contributed by atoms with van der Waals surface area (Å²) >= 11 is 1.70. The van der Waals surface area contributed by atoms with Gasteiger partial charge in [0.1, 0.15) is 0 Å². The van der Waals surface area contributed by atoms with Gasteiger partial charge in [-0.1, -0.05) is 19.9 Å². The zero-order valence-electron chi connectivity index (χ0n) is 9.18. The Labute approximate surface area is 94.8 Å². The summed E-state index contributed by atoms with van der Waals surface area (Å²) in [6.45, 7) is 4.18. The third-order valence-corrected chi connectivity index (χ3v) is 3.33. The van der Waals surface area contributed by atoms with Crippen LogP contribution in [-0.4, -0.2) is 29.5 Å². The molecule has 1 aromatic rings. The van der Waals surface area contributed by atoms with Gasteiger partial charge < -0.3 is 15.5 Å². The van der Waals surface area contributed by atoms with E-state index in [1.807, 2.05) is 11.4 Å². The molecule has 0 radical (unpaired) electrons. The van der Waals surface area contributed by atoms with Gasteiger partial charge >= 0.3 is 0 Å². The lowest BCUT2D eigenvalue weighted by Gasteiger charge is -2.25. The molecule has 0 saturated heterocycles. The van der Waals surface area contributed by atoms with E-state index in [1.54, 1.807) is 11.3 Å². The Bertz CT molecular complexity index is 258. The molecule has 3 nitrogen and oxygen atoms in total. The minimum Gasteiger partial charge on any atom is -0.395 e. The zero-order chi connectivity index (χ0) is 11.3. The van der Waals surface area contributed by atoms with Gasteiger partial charge in [0.15, 0.2) is 0 Å². The number of rotatable bonds is 6. The molecule has 0 bridgehead atoms. The van der Waals surface area contributed by atoms with Gasteiger partial charge in [0.2, 0.25) is 0 Å². The molecule has 0 fully saturated rings. The second-order valence-electron chi connectivity index (χ2n) is 3.97. The lowest BCUT2D eigenvalue weighted by atomic mass is 10.0. The van der Waals surface area contributed by atoms with Crippen LogP contribution in [0.2, 0.25) is 0 Å². The molecule has 0 aliphatic rings. The van der Waals surface area contributed by atoms with Crippen LogP contribution in [0.25, 0.3) is 0 Å². The first-order valence-corrected chi connectivity index (χ1v) is 6.08. The van der Waals surface area contributed by atoms with E-state index in [4.69, 9.17) is 10.2 Å². The van der Waals surface area contributed by atoms with Gasteiger partial charge in [-0.3, -0.25) is 0 Å². The van der Waals surface area contributed by atoms with E-state index in [-0.39, 0.29) is 25.3 Å². The predicted octanol–water partition coefficient (Wildman–Crippen LogP) is 1.39. The summed E-state index contributed by atoms with van der Waals surface area (Å²) in [6.07, 6.45) is 0. The second kappa shape index (κ2) is 6.23. The Kier molecular flexibility index (Phi) is 5.25. The molecule has 0 spiro atoms. The Morgan fingerprint density at radius 1 is 1.33 bits per heavy atom. The van der Waals surface area contributed by atoms with Gasteiger partial charge in [-0.05, 0) is 17.4 Å². The monoisotopic (exact) mass is 229 g/mol. The summed E-state index contributed by atoms with van der Waals surface area (Å²) in [5.41, 5.74) is 0. The maximum Gasteiger partial charge on any atom is 0.0607 e. The van der Waals surface area contributed by atoms with Crippen LogP contribution in [0, 0.1) is 5.92 Å². The molecular formula is C11H19NO2S. The summed E-state index contributed by atoms with van der Waals surface area (Å²) < 4.78 is 0. The maximum absolute atomic E-state index is 9.04. The van der Waals surface area contributed by atoms with Crippen molar-refractivity contribution in [3.63, 3.8) is 0 Å². The number of hydrogen-bond donors (Lipinski definition) is 3. The fourth-order valence-corrected chi connectivity index (χ4v) is 2.45. The molecular weight excluding hydrogens is 210 g/mol. The van der Waals surface area contributed by atoms with E-state index in [2.05, 4.69) is 25.2 Å². The third-order valence-electron chi connectivity index (χ3n) is 2.37. The number of nitrogens with one attached hydrogen (secondary N) is 1. The molecule has 1 heterocycles. The minimum atomic E-state index is -0.237. The van der Waals surface area contributed by atoms with Crippen LogP contribution in [0.4, 0.5) is 0 Å². The summed E-state index contributed by atoms with van der Waals surface area (Å²) in [4.78, 5) is 1.25. The predicted molar refractivity (Wildman–Crippen MR) is 63.0 cm³/mol. The molecule has 0 aliphatic heterocycles. The second-order valence-corrected chi connectivity index (χ2v) is 4.95. The Hall–Kier alpha value is -0.420. The van der Waals surface area contributed by atoms with Crippen LogP contribution < -0.4 is 5.32 Å². The van der Waals surface area contributed by atoms with E-state index in [1.165, 1.54) is 4.88 Å². The average Bonchev–Trinajstić information content (AvgIpc) is 2.72. The Morgan fingerprint density at radius 3 is 2.40 bits per heavy atom. The van der Waals surface area contributed by atoms with E-state index < -0.39 is 0 Å². The van der Waals surface area contributed by atoms with Gasteiger partial charge in [0.25, 0.3) is 0 Å². The smallest absolute Gasteiger partial charge is 0.0607 e. The fourth-order valence-electron chi connectivity index (χ4n) is 1.49. The summed E-state index contributed by atoms with van der Waals surface area (Å²) in [5.74, 6) is 0.434. The van der Waals surface area contributed by atoms with Crippen LogP contribution in [-0.2, 0) is 0 Å². The fraction of sp³-hybridized carbons (Fsp3) is 0.636. The quantitative estimate of drug-likeness (QED) is 0.691. The molecule has 15 heavy (non-hydrogen) atoms. The summed E-state index contributed by atoms with van der Waals surface area (Å²) in [6, 6.07) is 4.06. The number of thiophene rings is 1. The topological polar surface area (TPSA) is 52.5 Å². The zero-order valence-corrected chi connectivity index (χ0v) is 10.00. The first-order valence-electron chi connectivity index (χ1n) is 5.20. The van der Waals surface area contributed by atoms with Crippen molar-refractivity contribution in [2.45, 2.75) is 25.9 Å². The molecule has 0 aliphatic carbocycles. The highest BCUT2D eigenvalue weighted by atomic mass is 32.1. The van der Waals surface area contributed by atoms with E-state index >= 15 is 0 Å². The van der Waals surface area contributed by atoms with Crippen molar-refractivity contribution in [2.24, 2.45) is 5.92 Å². The maximum atomic E-state index is 9.04. The van der Waals surface area contributed by atoms with Crippen LogP contribution in [0.15, 0.2) is 17.5 Å². The largest absolute Gasteiger partial charge is 0.395 e. The van der Waals surface area contributed by atoms with Crippen LogP contribution in [0.5, 0.6) is 0 Å². The highest BCUT2D eigenvalue weighted by molar-refractivity contribution is 7.10. The Morgan fingerprint density at radius 2 is 2.00 bits per heavy atom. The molecule has 3 N–H and O–H groups in total. The first kappa shape index (κ1) is 12.6.